The molecular weight excluding hydrogens is 303 g/mol. The Morgan fingerprint density at radius 2 is 1.78 bits per heavy atom. The largest absolute Gasteiger partial charge is 0.466 e. The van der Waals surface area contributed by atoms with E-state index in [1.54, 1.807) is 0 Å². The van der Waals surface area contributed by atoms with Gasteiger partial charge >= 0.3 is 11.9 Å². The van der Waals surface area contributed by atoms with Gasteiger partial charge in [-0.05, 0) is 11.6 Å². The number of carbonyl (C=O) groups excluding carboxylic acids is 2. The molecule has 1 atom stereocenters. The van der Waals surface area contributed by atoms with E-state index in [1.807, 2.05) is 30.3 Å². The molecule has 1 aliphatic carbocycles. The van der Waals surface area contributed by atoms with Gasteiger partial charge in [0.1, 0.15) is 11.9 Å². The Labute approximate surface area is 133 Å². The number of hydrogen-bond donors (Lipinski definition) is 0. The second kappa shape index (κ2) is 7.69. The molecule has 1 aromatic carbocycles. The fourth-order valence-corrected chi connectivity index (χ4v) is 2.29. The zero-order valence-electron chi connectivity index (χ0n) is 12.9. The zero-order chi connectivity index (χ0) is 16.8. The predicted octanol–water partition coefficient (Wildman–Crippen LogP) is 2.47. The number of hydrogen-bond acceptors (Lipinski definition) is 5. The number of benzene rings is 1. The molecule has 122 valence electrons. The maximum absolute atomic E-state index is 13.8. The van der Waals surface area contributed by atoms with Gasteiger partial charge in [-0.3, -0.25) is 0 Å². The molecule has 1 unspecified atom stereocenters. The monoisotopic (exact) mass is 320 g/mol. The molecule has 23 heavy (non-hydrogen) atoms. The van der Waals surface area contributed by atoms with Gasteiger partial charge in [0.2, 0.25) is 0 Å². The first-order valence-corrected chi connectivity index (χ1v) is 6.98. The van der Waals surface area contributed by atoms with E-state index in [4.69, 9.17) is 9.47 Å². The number of halogens is 1. The van der Waals surface area contributed by atoms with E-state index in [0.717, 1.165) is 5.56 Å². The van der Waals surface area contributed by atoms with Crippen LogP contribution in [0.3, 0.4) is 0 Å². The van der Waals surface area contributed by atoms with E-state index in [-0.39, 0.29) is 24.2 Å². The summed E-state index contributed by atoms with van der Waals surface area (Å²) in [5.41, 5.74) is 0.741. The molecule has 0 saturated carbocycles. The van der Waals surface area contributed by atoms with Crippen LogP contribution in [-0.2, 0) is 30.4 Å². The summed E-state index contributed by atoms with van der Waals surface area (Å²) in [4.78, 5) is 23.8. The van der Waals surface area contributed by atoms with Crippen LogP contribution >= 0.6 is 0 Å². The minimum absolute atomic E-state index is 0.0309. The lowest BCUT2D eigenvalue weighted by molar-refractivity contribution is -0.140. The fraction of sp³-hybridized carbons (Fsp3) is 0.294. The zero-order valence-corrected chi connectivity index (χ0v) is 12.9. The molecule has 0 bridgehead atoms. The summed E-state index contributed by atoms with van der Waals surface area (Å²) in [6.45, 7) is 0.157. The standard InChI is InChI=1S/C17H17FO5/c1-21-16(19)13-8-12(18)9-14(15(13)17(20)22-2)23-10-11-6-4-3-5-7-11/h3-7,9,14H,8,10H2,1-2H3. The summed E-state index contributed by atoms with van der Waals surface area (Å²) >= 11 is 0. The van der Waals surface area contributed by atoms with Gasteiger partial charge in [-0.25, -0.2) is 14.0 Å². The highest BCUT2D eigenvalue weighted by Gasteiger charge is 2.33. The van der Waals surface area contributed by atoms with Crippen LogP contribution in [0.4, 0.5) is 4.39 Å². The van der Waals surface area contributed by atoms with Crippen molar-refractivity contribution in [3.8, 4) is 0 Å². The molecule has 0 aromatic heterocycles. The molecular formula is C17H17FO5. The highest BCUT2D eigenvalue weighted by molar-refractivity contribution is 6.02. The highest BCUT2D eigenvalue weighted by atomic mass is 19.1. The molecule has 1 aromatic rings. The van der Waals surface area contributed by atoms with Gasteiger partial charge in [0.25, 0.3) is 0 Å². The molecule has 0 fully saturated rings. The number of methoxy groups -OCH3 is 2. The number of rotatable bonds is 5. The van der Waals surface area contributed by atoms with Gasteiger partial charge in [0, 0.05) is 6.42 Å². The number of allylic oxidation sites excluding steroid dienone is 1. The molecule has 0 saturated heterocycles. The Kier molecular flexibility index (Phi) is 5.65. The molecule has 0 amide bonds. The fourth-order valence-electron chi connectivity index (χ4n) is 2.29. The van der Waals surface area contributed by atoms with E-state index >= 15 is 0 Å². The summed E-state index contributed by atoms with van der Waals surface area (Å²) in [5, 5.41) is 0. The molecule has 2 rings (SSSR count). The molecule has 0 heterocycles. The van der Waals surface area contributed by atoms with Crippen LogP contribution in [0.5, 0.6) is 0 Å². The van der Waals surface area contributed by atoms with Crippen molar-refractivity contribution < 1.29 is 28.2 Å². The lowest BCUT2D eigenvalue weighted by Gasteiger charge is -2.23. The lowest BCUT2D eigenvalue weighted by Crippen LogP contribution is -2.28. The van der Waals surface area contributed by atoms with E-state index in [2.05, 4.69) is 4.74 Å². The van der Waals surface area contributed by atoms with Crippen molar-refractivity contribution in [3.05, 3.63) is 58.9 Å². The maximum Gasteiger partial charge on any atom is 0.337 e. The van der Waals surface area contributed by atoms with Crippen molar-refractivity contribution >= 4 is 11.9 Å². The van der Waals surface area contributed by atoms with Crippen molar-refractivity contribution in [2.45, 2.75) is 19.1 Å². The maximum atomic E-state index is 13.8. The van der Waals surface area contributed by atoms with E-state index in [9.17, 15) is 14.0 Å². The average molecular weight is 320 g/mol. The third kappa shape index (κ3) is 4.04. The molecule has 1 aliphatic rings. The third-order valence-corrected chi connectivity index (χ3v) is 3.40. The first-order valence-electron chi connectivity index (χ1n) is 6.98. The summed E-state index contributed by atoms with van der Waals surface area (Å²) < 4.78 is 28.8. The second-order valence-electron chi connectivity index (χ2n) is 4.88. The van der Waals surface area contributed by atoms with Gasteiger partial charge in [-0.1, -0.05) is 30.3 Å². The second-order valence-corrected chi connectivity index (χ2v) is 4.88. The van der Waals surface area contributed by atoms with Gasteiger partial charge in [0.05, 0.1) is 32.0 Å². The Morgan fingerprint density at radius 1 is 1.13 bits per heavy atom. The lowest BCUT2D eigenvalue weighted by atomic mass is 9.93. The first-order chi connectivity index (χ1) is 11.1. The third-order valence-electron chi connectivity index (χ3n) is 3.40. The first kappa shape index (κ1) is 16.9. The van der Waals surface area contributed by atoms with Crippen molar-refractivity contribution in [3.63, 3.8) is 0 Å². The minimum atomic E-state index is -1.01. The smallest absolute Gasteiger partial charge is 0.337 e. The van der Waals surface area contributed by atoms with Crippen molar-refractivity contribution in [2.24, 2.45) is 0 Å². The van der Waals surface area contributed by atoms with Gasteiger partial charge < -0.3 is 14.2 Å². The summed E-state index contributed by atoms with van der Waals surface area (Å²) in [7, 11) is 2.35. The van der Waals surface area contributed by atoms with Crippen LogP contribution in [0.2, 0.25) is 0 Å². The highest BCUT2D eigenvalue weighted by Crippen LogP contribution is 2.30. The van der Waals surface area contributed by atoms with Crippen molar-refractivity contribution in [1.82, 2.24) is 0 Å². The topological polar surface area (TPSA) is 61.8 Å². The summed E-state index contributed by atoms with van der Waals surface area (Å²) in [6, 6.07) is 9.22. The molecule has 6 heteroatoms. The Balaban J connectivity index is 2.29. The van der Waals surface area contributed by atoms with Gasteiger partial charge in [-0.2, -0.15) is 0 Å². The molecule has 0 N–H and O–H groups in total. The van der Waals surface area contributed by atoms with Crippen LogP contribution in [0.1, 0.15) is 12.0 Å². The van der Waals surface area contributed by atoms with E-state index in [1.165, 1.54) is 20.3 Å². The van der Waals surface area contributed by atoms with Crippen molar-refractivity contribution in [2.75, 3.05) is 14.2 Å². The Hall–Kier alpha value is -2.47. The SMILES string of the molecule is COC(=O)C1=C(C(=O)OC)C(OCc2ccccc2)C=C(F)C1. The number of esters is 2. The number of carbonyl (C=O) groups is 2. The van der Waals surface area contributed by atoms with E-state index in [0.29, 0.717) is 0 Å². The summed E-state index contributed by atoms with van der Waals surface area (Å²) in [6.07, 6.45) is -0.158. The van der Waals surface area contributed by atoms with Crippen LogP contribution in [0.25, 0.3) is 0 Å². The van der Waals surface area contributed by atoms with Crippen LogP contribution in [0.15, 0.2) is 53.4 Å². The van der Waals surface area contributed by atoms with Gasteiger partial charge in [-0.15, -0.1) is 0 Å². The quantitative estimate of drug-likeness (QED) is 0.780. The van der Waals surface area contributed by atoms with Crippen LogP contribution < -0.4 is 0 Å². The van der Waals surface area contributed by atoms with Crippen molar-refractivity contribution in [1.29, 1.82) is 0 Å². The average Bonchev–Trinajstić information content (AvgIpc) is 2.58. The van der Waals surface area contributed by atoms with Gasteiger partial charge in [0.15, 0.2) is 0 Å². The van der Waals surface area contributed by atoms with E-state index < -0.39 is 23.9 Å². The Morgan fingerprint density at radius 3 is 2.39 bits per heavy atom. The predicted molar refractivity (Wildman–Crippen MR) is 79.9 cm³/mol. The molecule has 0 aliphatic heterocycles. The van der Waals surface area contributed by atoms with Crippen LogP contribution in [-0.4, -0.2) is 32.3 Å². The van der Waals surface area contributed by atoms with Crippen LogP contribution in [0, 0.1) is 0 Å². The number of ether oxygens (including phenoxy) is 3. The minimum Gasteiger partial charge on any atom is -0.466 e. The Bertz CT molecular complexity index is 648. The molecule has 5 nitrogen and oxygen atoms in total. The summed E-state index contributed by atoms with van der Waals surface area (Å²) in [5.74, 6) is -2.08. The molecule has 0 radical (unpaired) electrons. The normalized spacial score (nSPS) is 17.5. The molecule has 0 spiro atoms.